The second kappa shape index (κ2) is 12.7. The molecule has 0 aromatic heterocycles. The average molecular weight is 516 g/mol. The van der Waals surface area contributed by atoms with E-state index in [1.165, 1.54) is 5.56 Å². The molecule has 7 heteroatoms. The predicted molar refractivity (Wildman–Crippen MR) is 149 cm³/mol. The lowest BCUT2D eigenvalue weighted by molar-refractivity contribution is -0.115. The van der Waals surface area contributed by atoms with Crippen LogP contribution in [0.4, 0.5) is 5.69 Å². The van der Waals surface area contributed by atoms with Crippen molar-refractivity contribution < 1.29 is 19.4 Å². The zero-order valence-corrected chi connectivity index (χ0v) is 22.3. The first-order chi connectivity index (χ1) is 18.3. The number of fused-ring (bicyclic) bond motifs is 1. The van der Waals surface area contributed by atoms with Gasteiger partial charge in [-0.15, -0.1) is 0 Å². The minimum absolute atomic E-state index is 0.0320. The van der Waals surface area contributed by atoms with Gasteiger partial charge in [0.1, 0.15) is 11.9 Å². The zero-order valence-electron chi connectivity index (χ0n) is 22.3. The third kappa shape index (κ3) is 7.00. The van der Waals surface area contributed by atoms with Crippen LogP contribution in [0.3, 0.4) is 0 Å². The highest BCUT2D eigenvalue weighted by atomic mass is 16.5. The predicted octanol–water partition coefficient (Wildman–Crippen LogP) is 4.22. The van der Waals surface area contributed by atoms with Crippen molar-refractivity contribution in [1.82, 2.24) is 9.80 Å². The molecule has 0 saturated heterocycles. The number of aliphatic hydroxyl groups excluding tert-OH is 1. The van der Waals surface area contributed by atoms with Gasteiger partial charge in [0.25, 0.3) is 5.91 Å². The Morgan fingerprint density at radius 3 is 2.39 bits per heavy atom. The number of anilines is 1. The number of nitrogens with zero attached hydrogens (tertiary/aromatic N) is 2. The largest absolute Gasteiger partial charge is 0.488 e. The fourth-order valence-electron chi connectivity index (χ4n) is 4.77. The Bertz CT molecular complexity index is 1220. The van der Waals surface area contributed by atoms with Gasteiger partial charge < -0.3 is 20.1 Å². The number of benzene rings is 3. The third-order valence-electron chi connectivity index (χ3n) is 6.94. The van der Waals surface area contributed by atoms with Crippen LogP contribution in [0, 0.1) is 5.92 Å². The van der Waals surface area contributed by atoms with E-state index in [1.54, 1.807) is 23.1 Å². The van der Waals surface area contributed by atoms with Crippen LogP contribution in [0.5, 0.6) is 5.75 Å². The maximum Gasteiger partial charge on any atom is 0.258 e. The molecule has 4 rings (SSSR count). The van der Waals surface area contributed by atoms with Crippen LogP contribution in [0.15, 0.2) is 78.9 Å². The summed E-state index contributed by atoms with van der Waals surface area (Å²) in [5.74, 6) is 0.133. The zero-order chi connectivity index (χ0) is 27.1. The van der Waals surface area contributed by atoms with Gasteiger partial charge in [-0.05, 0) is 43.3 Å². The van der Waals surface area contributed by atoms with E-state index in [2.05, 4.69) is 36.3 Å². The number of hydrogen-bond acceptors (Lipinski definition) is 5. The van der Waals surface area contributed by atoms with Gasteiger partial charge in [-0.25, -0.2) is 0 Å². The number of hydrogen-bond donors (Lipinski definition) is 2. The highest BCUT2D eigenvalue weighted by Gasteiger charge is 2.33. The Morgan fingerprint density at radius 1 is 1.08 bits per heavy atom. The first kappa shape index (κ1) is 27.4. The summed E-state index contributed by atoms with van der Waals surface area (Å²) in [5, 5.41) is 12.8. The normalized spacial score (nSPS) is 18.2. The molecule has 0 radical (unpaired) electrons. The molecule has 0 unspecified atom stereocenters. The molecule has 3 aromatic rings. The van der Waals surface area contributed by atoms with Crippen molar-refractivity contribution in [2.75, 3.05) is 32.1 Å². The van der Waals surface area contributed by atoms with Gasteiger partial charge in [-0.3, -0.25) is 14.5 Å². The van der Waals surface area contributed by atoms with E-state index in [0.29, 0.717) is 30.1 Å². The Balaban J connectivity index is 1.56. The molecule has 38 heavy (non-hydrogen) atoms. The molecule has 3 atom stereocenters. The van der Waals surface area contributed by atoms with Gasteiger partial charge in [0.15, 0.2) is 0 Å². The molecule has 1 heterocycles. The summed E-state index contributed by atoms with van der Waals surface area (Å²) >= 11 is 0. The number of likely N-dealkylation sites (N-methyl/N-ethyl adjacent to an activating group) is 1. The van der Waals surface area contributed by atoms with E-state index in [4.69, 9.17) is 4.74 Å². The monoisotopic (exact) mass is 515 g/mol. The summed E-state index contributed by atoms with van der Waals surface area (Å²) < 4.78 is 6.48. The maximum atomic E-state index is 13.6. The van der Waals surface area contributed by atoms with Gasteiger partial charge in [0.05, 0.1) is 24.6 Å². The molecule has 1 aliphatic heterocycles. The second-order valence-corrected chi connectivity index (χ2v) is 10.2. The quantitative estimate of drug-likeness (QED) is 0.446. The Hall–Kier alpha value is -3.68. The summed E-state index contributed by atoms with van der Waals surface area (Å²) in [7, 11) is 2.06. The van der Waals surface area contributed by atoms with Gasteiger partial charge in [-0.2, -0.15) is 0 Å². The maximum absolute atomic E-state index is 13.6. The molecule has 0 bridgehead atoms. The summed E-state index contributed by atoms with van der Waals surface area (Å²) in [6, 6.07) is 24.6. The van der Waals surface area contributed by atoms with Crippen LogP contribution < -0.4 is 10.1 Å². The molecule has 1 aliphatic rings. The van der Waals surface area contributed by atoms with Gasteiger partial charge in [0, 0.05) is 31.2 Å². The van der Waals surface area contributed by atoms with Crippen LogP contribution >= 0.6 is 0 Å². The lowest BCUT2D eigenvalue weighted by atomic mass is 9.99. The Labute approximate surface area is 225 Å². The number of aliphatic hydroxyl groups is 1. The number of carbonyl (C=O) groups is 2. The molecular weight excluding hydrogens is 478 g/mol. The number of ether oxygens (including phenoxy) is 1. The van der Waals surface area contributed by atoms with Crippen LogP contribution in [0.25, 0.3) is 0 Å². The molecule has 200 valence electrons. The molecule has 0 saturated carbocycles. The molecule has 0 spiro atoms. The van der Waals surface area contributed by atoms with Crippen LogP contribution in [-0.2, 0) is 17.8 Å². The first-order valence-electron chi connectivity index (χ1n) is 13.1. The van der Waals surface area contributed by atoms with Gasteiger partial charge in [0.2, 0.25) is 5.91 Å². The number of carbonyl (C=O) groups excluding carboxylic acids is 2. The van der Waals surface area contributed by atoms with Crippen molar-refractivity contribution in [3.63, 3.8) is 0 Å². The smallest absolute Gasteiger partial charge is 0.258 e. The van der Waals surface area contributed by atoms with Crippen molar-refractivity contribution in [2.24, 2.45) is 5.92 Å². The van der Waals surface area contributed by atoms with Crippen molar-refractivity contribution in [1.29, 1.82) is 0 Å². The van der Waals surface area contributed by atoms with Gasteiger partial charge in [-0.1, -0.05) is 67.6 Å². The lowest BCUT2D eigenvalue weighted by Crippen LogP contribution is -2.49. The standard InChI is InChI=1S/C31H37N3O4/c1-22-18-34(23(2)21-35)31(37)27-17-26(32-30(36)16-24-10-6-4-7-11-24)14-15-28(27)38-29(22)20-33(3)19-25-12-8-5-9-13-25/h4-15,17,22-23,29,35H,16,18-21H2,1-3H3,(H,32,36)/t22-,23-,29-/m1/s1. The summed E-state index contributed by atoms with van der Waals surface area (Å²) in [6.45, 7) is 5.68. The summed E-state index contributed by atoms with van der Waals surface area (Å²) in [5.41, 5.74) is 3.04. The highest BCUT2D eigenvalue weighted by molar-refractivity contribution is 6.00. The van der Waals surface area contributed by atoms with E-state index >= 15 is 0 Å². The molecule has 0 fully saturated rings. The minimum Gasteiger partial charge on any atom is -0.488 e. The second-order valence-electron chi connectivity index (χ2n) is 10.2. The molecule has 2 N–H and O–H groups in total. The molecular formula is C31H37N3O4. The molecule has 0 aliphatic carbocycles. The van der Waals surface area contributed by atoms with Crippen molar-refractivity contribution >= 4 is 17.5 Å². The van der Waals surface area contributed by atoms with E-state index in [9.17, 15) is 14.7 Å². The van der Waals surface area contributed by atoms with E-state index in [0.717, 1.165) is 12.1 Å². The summed E-state index contributed by atoms with van der Waals surface area (Å²) in [6.07, 6.45) is 0.0612. The van der Waals surface area contributed by atoms with E-state index in [-0.39, 0.29) is 42.9 Å². The van der Waals surface area contributed by atoms with Crippen molar-refractivity contribution in [2.45, 2.75) is 39.0 Å². The van der Waals surface area contributed by atoms with Gasteiger partial charge >= 0.3 is 0 Å². The van der Waals surface area contributed by atoms with Crippen LogP contribution in [-0.4, -0.2) is 65.6 Å². The summed E-state index contributed by atoms with van der Waals surface area (Å²) in [4.78, 5) is 30.2. The molecule has 3 aromatic carbocycles. The van der Waals surface area contributed by atoms with Crippen molar-refractivity contribution in [3.8, 4) is 5.75 Å². The van der Waals surface area contributed by atoms with Crippen LogP contribution in [0.1, 0.15) is 35.3 Å². The van der Waals surface area contributed by atoms with E-state index < -0.39 is 0 Å². The topological polar surface area (TPSA) is 82.1 Å². The lowest BCUT2D eigenvalue weighted by Gasteiger charge is -2.38. The first-order valence-corrected chi connectivity index (χ1v) is 13.1. The fourth-order valence-corrected chi connectivity index (χ4v) is 4.77. The fraction of sp³-hybridized carbons (Fsp3) is 0.355. The molecule has 2 amide bonds. The number of amides is 2. The third-order valence-corrected chi connectivity index (χ3v) is 6.94. The average Bonchev–Trinajstić information content (AvgIpc) is 2.91. The highest BCUT2D eigenvalue weighted by Crippen LogP contribution is 2.31. The molecule has 7 nitrogen and oxygen atoms in total. The SMILES string of the molecule is C[C@@H]1CN([C@H](C)CO)C(=O)c2cc(NC(=O)Cc3ccccc3)ccc2O[C@@H]1CN(C)Cc1ccccc1. The van der Waals surface area contributed by atoms with E-state index in [1.807, 2.05) is 55.5 Å². The number of rotatable bonds is 9. The number of nitrogens with one attached hydrogen (secondary N) is 1. The Kier molecular flexibility index (Phi) is 9.15. The Morgan fingerprint density at radius 2 is 1.74 bits per heavy atom. The minimum atomic E-state index is -0.352. The van der Waals surface area contributed by atoms with Crippen LogP contribution in [0.2, 0.25) is 0 Å². The van der Waals surface area contributed by atoms with Crippen molar-refractivity contribution in [3.05, 3.63) is 95.6 Å².